The van der Waals surface area contributed by atoms with Gasteiger partial charge < -0.3 is 5.32 Å². The number of hydrogen-bond donors (Lipinski definition) is 1. The molecule has 2 rings (SSSR count). The van der Waals surface area contributed by atoms with E-state index in [0.29, 0.717) is 6.54 Å². The lowest BCUT2D eigenvalue weighted by molar-refractivity contribution is -0.126. The first-order valence-corrected chi connectivity index (χ1v) is 7.96. The number of rotatable bonds is 6. The van der Waals surface area contributed by atoms with E-state index in [9.17, 15) is 4.79 Å². The Labute approximate surface area is 122 Å². The van der Waals surface area contributed by atoms with E-state index in [0.717, 1.165) is 24.3 Å². The summed E-state index contributed by atoms with van der Waals surface area (Å²) < 4.78 is 0. The molecule has 0 spiro atoms. The number of carbonyl (C=O) groups is 1. The Morgan fingerprint density at radius 2 is 1.95 bits per heavy atom. The number of pyridine rings is 1. The quantitative estimate of drug-likeness (QED) is 0.859. The van der Waals surface area contributed by atoms with Gasteiger partial charge in [0.15, 0.2) is 0 Å². The molecule has 20 heavy (non-hydrogen) atoms. The first-order chi connectivity index (χ1) is 9.79. The maximum Gasteiger partial charge on any atom is 0.223 e. The highest BCUT2D eigenvalue weighted by atomic mass is 16.1. The summed E-state index contributed by atoms with van der Waals surface area (Å²) in [5.41, 5.74) is 1.12. The number of amides is 1. The Kier molecular flexibility index (Phi) is 6.03. The van der Waals surface area contributed by atoms with E-state index < -0.39 is 0 Å². The van der Waals surface area contributed by atoms with Gasteiger partial charge in [-0.05, 0) is 49.3 Å². The van der Waals surface area contributed by atoms with E-state index in [1.807, 2.05) is 12.1 Å². The highest BCUT2D eigenvalue weighted by Crippen LogP contribution is 2.31. The molecule has 1 fully saturated rings. The standard InChI is InChI=1S/C17H26N2O/c1-2-3-4-14-5-7-16(8-6-14)17(20)19-13-15-9-11-18-12-10-15/h9-12,14,16H,2-8,13H2,1H3,(H,19,20). The fraction of sp³-hybridized carbons (Fsp3) is 0.647. The van der Waals surface area contributed by atoms with Crippen molar-refractivity contribution in [2.45, 2.75) is 58.4 Å². The second-order valence-corrected chi connectivity index (χ2v) is 5.93. The topological polar surface area (TPSA) is 42.0 Å². The zero-order valence-electron chi connectivity index (χ0n) is 12.5. The van der Waals surface area contributed by atoms with Gasteiger partial charge in [0.05, 0.1) is 0 Å². The van der Waals surface area contributed by atoms with Crippen LogP contribution in [0.1, 0.15) is 57.4 Å². The van der Waals surface area contributed by atoms with Gasteiger partial charge in [-0.2, -0.15) is 0 Å². The molecule has 1 saturated carbocycles. The maximum atomic E-state index is 12.2. The van der Waals surface area contributed by atoms with Gasteiger partial charge in [-0.15, -0.1) is 0 Å². The van der Waals surface area contributed by atoms with Gasteiger partial charge >= 0.3 is 0 Å². The minimum Gasteiger partial charge on any atom is -0.352 e. The van der Waals surface area contributed by atoms with Crippen LogP contribution in [0.25, 0.3) is 0 Å². The Bertz CT molecular complexity index is 397. The first kappa shape index (κ1) is 15.0. The molecule has 1 N–H and O–H groups in total. The molecule has 1 aromatic heterocycles. The minimum absolute atomic E-state index is 0.231. The lowest BCUT2D eigenvalue weighted by Gasteiger charge is -2.27. The number of nitrogens with one attached hydrogen (secondary N) is 1. The van der Waals surface area contributed by atoms with Crippen molar-refractivity contribution in [1.29, 1.82) is 0 Å². The Morgan fingerprint density at radius 3 is 2.60 bits per heavy atom. The van der Waals surface area contributed by atoms with Crippen molar-refractivity contribution in [3.63, 3.8) is 0 Å². The summed E-state index contributed by atoms with van der Waals surface area (Å²) in [5, 5.41) is 3.06. The fourth-order valence-electron chi connectivity index (χ4n) is 3.04. The minimum atomic E-state index is 0.231. The van der Waals surface area contributed by atoms with Crippen molar-refractivity contribution in [2.24, 2.45) is 11.8 Å². The highest BCUT2D eigenvalue weighted by molar-refractivity contribution is 5.78. The monoisotopic (exact) mass is 274 g/mol. The number of unbranched alkanes of at least 4 members (excludes halogenated alkanes) is 1. The van der Waals surface area contributed by atoms with E-state index >= 15 is 0 Å². The molecule has 0 saturated heterocycles. The predicted molar refractivity (Wildman–Crippen MR) is 81.1 cm³/mol. The molecule has 1 aliphatic carbocycles. The van der Waals surface area contributed by atoms with E-state index in [4.69, 9.17) is 0 Å². The van der Waals surface area contributed by atoms with E-state index in [-0.39, 0.29) is 11.8 Å². The van der Waals surface area contributed by atoms with E-state index in [1.165, 1.54) is 32.1 Å². The molecule has 0 radical (unpaired) electrons. The van der Waals surface area contributed by atoms with Crippen molar-refractivity contribution in [3.8, 4) is 0 Å². The summed E-state index contributed by atoms with van der Waals surface area (Å²) in [5.74, 6) is 1.32. The smallest absolute Gasteiger partial charge is 0.223 e. The highest BCUT2D eigenvalue weighted by Gasteiger charge is 2.25. The van der Waals surface area contributed by atoms with Crippen molar-refractivity contribution < 1.29 is 4.79 Å². The molecule has 3 heteroatoms. The lowest BCUT2D eigenvalue weighted by atomic mass is 9.79. The largest absolute Gasteiger partial charge is 0.352 e. The average molecular weight is 274 g/mol. The molecule has 1 heterocycles. The van der Waals surface area contributed by atoms with Crippen LogP contribution in [0.5, 0.6) is 0 Å². The molecule has 0 unspecified atom stereocenters. The van der Waals surface area contributed by atoms with Crippen molar-refractivity contribution in [3.05, 3.63) is 30.1 Å². The Morgan fingerprint density at radius 1 is 1.25 bits per heavy atom. The molecule has 0 bridgehead atoms. The first-order valence-electron chi connectivity index (χ1n) is 7.96. The van der Waals surface area contributed by atoms with Gasteiger partial charge in [-0.3, -0.25) is 9.78 Å². The van der Waals surface area contributed by atoms with Crippen molar-refractivity contribution in [1.82, 2.24) is 10.3 Å². The van der Waals surface area contributed by atoms with Gasteiger partial charge in [0.1, 0.15) is 0 Å². The number of nitrogens with zero attached hydrogens (tertiary/aromatic N) is 1. The third-order valence-electron chi connectivity index (χ3n) is 4.40. The van der Waals surface area contributed by atoms with Gasteiger partial charge in [-0.1, -0.05) is 26.2 Å². The normalized spacial score (nSPS) is 22.4. The molecule has 0 atom stereocenters. The summed E-state index contributed by atoms with van der Waals surface area (Å²) in [6.07, 6.45) is 12.1. The summed E-state index contributed by atoms with van der Waals surface area (Å²) in [6.45, 7) is 2.87. The van der Waals surface area contributed by atoms with Crippen LogP contribution in [0.3, 0.4) is 0 Å². The molecule has 1 amide bonds. The maximum absolute atomic E-state index is 12.2. The summed E-state index contributed by atoms with van der Waals surface area (Å²) >= 11 is 0. The predicted octanol–water partition coefficient (Wildman–Crippen LogP) is 3.69. The molecular weight excluding hydrogens is 248 g/mol. The molecule has 3 nitrogen and oxygen atoms in total. The SMILES string of the molecule is CCCCC1CCC(C(=O)NCc2ccncc2)CC1. The van der Waals surface area contributed by atoms with Gasteiger partial charge in [0.2, 0.25) is 5.91 Å². The lowest BCUT2D eigenvalue weighted by Crippen LogP contribution is -2.32. The fourth-order valence-corrected chi connectivity index (χ4v) is 3.04. The zero-order valence-corrected chi connectivity index (χ0v) is 12.5. The Balaban J connectivity index is 1.69. The summed E-state index contributed by atoms with van der Waals surface area (Å²) in [7, 11) is 0. The third-order valence-corrected chi connectivity index (χ3v) is 4.40. The van der Waals surface area contributed by atoms with Crippen LogP contribution in [0.15, 0.2) is 24.5 Å². The van der Waals surface area contributed by atoms with Gasteiger partial charge in [-0.25, -0.2) is 0 Å². The van der Waals surface area contributed by atoms with Crippen LogP contribution in [0, 0.1) is 11.8 Å². The van der Waals surface area contributed by atoms with Crippen LogP contribution in [0.4, 0.5) is 0 Å². The summed E-state index contributed by atoms with van der Waals surface area (Å²) in [4.78, 5) is 16.1. The van der Waals surface area contributed by atoms with Crippen LogP contribution >= 0.6 is 0 Å². The summed E-state index contributed by atoms with van der Waals surface area (Å²) in [6, 6.07) is 3.89. The average Bonchev–Trinajstić information content (AvgIpc) is 2.52. The van der Waals surface area contributed by atoms with E-state index in [1.54, 1.807) is 12.4 Å². The number of carbonyl (C=O) groups excluding carboxylic acids is 1. The zero-order chi connectivity index (χ0) is 14.2. The van der Waals surface area contributed by atoms with E-state index in [2.05, 4.69) is 17.2 Å². The third kappa shape index (κ3) is 4.62. The van der Waals surface area contributed by atoms with Crippen LogP contribution in [0.2, 0.25) is 0 Å². The number of hydrogen-bond acceptors (Lipinski definition) is 2. The molecule has 110 valence electrons. The van der Waals surface area contributed by atoms with Crippen molar-refractivity contribution in [2.75, 3.05) is 0 Å². The van der Waals surface area contributed by atoms with Crippen LogP contribution in [-0.4, -0.2) is 10.9 Å². The van der Waals surface area contributed by atoms with Gasteiger partial charge in [0.25, 0.3) is 0 Å². The second kappa shape index (κ2) is 8.03. The molecular formula is C17H26N2O. The molecule has 0 aliphatic heterocycles. The molecule has 0 aromatic carbocycles. The molecule has 1 aromatic rings. The van der Waals surface area contributed by atoms with Crippen molar-refractivity contribution >= 4 is 5.91 Å². The second-order valence-electron chi connectivity index (χ2n) is 5.93. The Hall–Kier alpha value is -1.38. The number of aromatic nitrogens is 1. The molecule has 1 aliphatic rings. The van der Waals surface area contributed by atoms with Crippen LogP contribution in [-0.2, 0) is 11.3 Å². The van der Waals surface area contributed by atoms with Gasteiger partial charge in [0, 0.05) is 24.9 Å². The van der Waals surface area contributed by atoms with Crippen LogP contribution < -0.4 is 5.32 Å².